The zero-order valence-electron chi connectivity index (χ0n) is 17.9. The smallest absolute Gasteiger partial charge is 0.300 e. The second-order valence-electron chi connectivity index (χ2n) is 7.51. The summed E-state index contributed by atoms with van der Waals surface area (Å²) < 4.78 is 25.0. The van der Waals surface area contributed by atoms with Gasteiger partial charge in [-0.15, -0.1) is 0 Å². The summed E-state index contributed by atoms with van der Waals surface area (Å²) in [6, 6.07) is 13.1. The van der Waals surface area contributed by atoms with Gasteiger partial charge in [0.25, 0.3) is 11.7 Å². The third-order valence-electron chi connectivity index (χ3n) is 5.33. The van der Waals surface area contributed by atoms with Crippen molar-refractivity contribution in [3.63, 3.8) is 0 Å². The van der Waals surface area contributed by atoms with E-state index in [1.807, 2.05) is 6.92 Å². The summed E-state index contributed by atoms with van der Waals surface area (Å²) in [4.78, 5) is 27.4. The summed E-state index contributed by atoms with van der Waals surface area (Å²) in [5.74, 6) is -0.926. The summed E-state index contributed by atoms with van der Waals surface area (Å²) in [7, 11) is 0. The molecule has 164 valence electrons. The fourth-order valence-electron chi connectivity index (χ4n) is 3.79. The van der Waals surface area contributed by atoms with Crippen LogP contribution in [0.5, 0.6) is 5.75 Å². The van der Waals surface area contributed by atoms with E-state index in [0.29, 0.717) is 35.1 Å². The highest BCUT2D eigenvalue weighted by atomic mass is 19.1. The maximum absolute atomic E-state index is 13.7. The number of ketones is 1. The van der Waals surface area contributed by atoms with Crippen molar-refractivity contribution in [1.29, 1.82) is 0 Å². The van der Waals surface area contributed by atoms with Crippen LogP contribution >= 0.6 is 0 Å². The van der Waals surface area contributed by atoms with Crippen LogP contribution in [0.1, 0.15) is 35.6 Å². The van der Waals surface area contributed by atoms with Gasteiger partial charge in [0.2, 0.25) is 0 Å². The predicted octanol–water partition coefficient (Wildman–Crippen LogP) is 5.06. The summed E-state index contributed by atoms with van der Waals surface area (Å²) in [5, 5.41) is 11.0. The standard InChI is InChI=1S/C25H22FNO5/c1-4-31-18-9-7-17(8-10-18)27-22(20-12-5-15(3)32-20)21(24(29)25(27)30)23(28)16-6-11-19(26)14(2)13-16/h5-13,22,28H,4H2,1-3H3/b23-21-. The van der Waals surface area contributed by atoms with Gasteiger partial charge in [-0.25, -0.2) is 4.39 Å². The number of amides is 1. The number of aliphatic hydroxyl groups excluding tert-OH is 1. The summed E-state index contributed by atoms with van der Waals surface area (Å²) in [6.07, 6.45) is 0. The van der Waals surface area contributed by atoms with Gasteiger partial charge in [-0.05, 0) is 80.9 Å². The number of benzene rings is 2. The van der Waals surface area contributed by atoms with Crippen LogP contribution in [-0.4, -0.2) is 23.4 Å². The van der Waals surface area contributed by atoms with Gasteiger partial charge in [-0.3, -0.25) is 14.5 Å². The molecule has 1 unspecified atom stereocenters. The molecular formula is C25H22FNO5. The van der Waals surface area contributed by atoms with Gasteiger partial charge in [0.15, 0.2) is 0 Å². The van der Waals surface area contributed by atoms with Gasteiger partial charge in [0, 0.05) is 11.3 Å². The second kappa shape index (κ2) is 8.34. The Kier molecular flexibility index (Phi) is 5.57. The molecule has 6 nitrogen and oxygen atoms in total. The summed E-state index contributed by atoms with van der Waals surface area (Å²) in [5.41, 5.74) is 0.871. The molecule has 1 fully saturated rings. The molecule has 2 heterocycles. The first-order chi connectivity index (χ1) is 15.3. The third-order valence-corrected chi connectivity index (χ3v) is 5.33. The molecule has 0 spiro atoms. The van der Waals surface area contributed by atoms with Crippen molar-refractivity contribution in [1.82, 2.24) is 0 Å². The molecule has 1 aliphatic heterocycles. The van der Waals surface area contributed by atoms with E-state index in [1.165, 1.54) is 23.1 Å². The molecule has 7 heteroatoms. The molecule has 2 aromatic carbocycles. The number of hydrogen-bond acceptors (Lipinski definition) is 5. The van der Waals surface area contributed by atoms with E-state index in [9.17, 15) is 19.1 Å². The lowest BCUT2D eigenvalue weighted by molar-refractivity contribution is -0.132. The molecule has 3 aromatic rings. The number of nitrogens with zero attached hydrogens (tertiary/aromatic N) is 1. The molecule has 0 radical (unpaired) electrons. The first-order valence-electron chi connectivity index (χ1n) is 10.2. The highest BCUT2D eigenvalue weighted by molar-refractivity contribution is 6.51. The molecule has 0 aliphatic carbocycles. The topological polar surface area (TPSA) is 80.0 Å². The Labute approximate surface area is 184 Å². The largest absolute Gasteiger partial charge is 0.507 e. The maximum Gasteiger partial charge on any atom is 0.300 e. The van der Waals surface area contributed by atoms with Crippen molar-refractivity contribution in [3.05, 3.63) is 88.6 Å². The van der Waals surface area contributed by atoms with Gasteiger partial charge in [0.1, 0.15) is 34.9 Å². The highest BCUT2D eigenvalue weighted by Crippen LogP contribution is 2.43. The number of carbonyl (C=O) groups excluding carboxylic acids is 2. The average molecular weight is 435 g/mol. The van der Waals surface area contributed by atoms with Crippen LogP contribution in [0, 0.1) is 19.7 Å². The number of rotatable bonds is 5. The summed E-state index contributed by atoms with van der Waals surface area (Å²) >= 11 is 0. The lowest BCUT2D eigenvalue weighted by Crippen LogP contribution is -2.29. The van der Waals surface area contributed by atoms with Crippen molar-refractivity contribution >= 4 is 23.1 Å². The molecular weight excluding hydrogens is 413 g/mol. The summed E-state index contributed by atoms with van der Waals surface area (Å²) in [6.45, 7) is 5.66. The normalized spacial score (nSPS) is 17.8. The zero-order valence-corrected chi connectivity index (χ0v) is 17.9. The molecule has 0 bridgehead atoms. The van der Waals surface area contributed by atoms with E-state index in [-0.39, 0.29) is 16.9 Å². The van der Waals surface area contributed by atoms with E-state index in [4.69, 9.17) is 9.15 Å². The molecule has 32 heavy (non-hydrogen) atoms. The lowest BCUT2D eigenvalue weighted by Gasteiger charge is -2.23. The molecule has 1 aromatic heterocycles. The van der Waals surface area contributed by atoms with Gasteiger partial charge >= 0.3 is 0 Å². The fourth-order valence-corrected chi connectivity index (χ4v) is 3.79. The Morgan fingerprint density at radius 2 is 1.81 bits per heavy atom. The average Bonchev–Trinajstić information content (AvgIpc) is 3.31. The van der Waals surface area contributed by atoms with Crippen LogP contribution in [0.4, 0.5) is 10.1 Å². The molecule has 1 amide bonds. The van der Waals surface area contributed by atoms with Gasteiger partial charge in [0.05, 0.1) is 12.2 Å². The van der Waals surface area contributed by atoms with E-state index >= 15 is 0 Å². The van der Waals surface area contributed by atoms with E-state index in [0.717, 1.165) is 0 Å². The van der Waals surface area contributed by atoms with Gasteiger partial charge in [-0.1, -0.05) is 0 Å². The lowest BCUT2D eigenvalue weighted by atomic mass is 9.98. The number of furan rings is 1. The number of aryl methyl sites for hydroxylation is 2. The molecule has 1 atom stereocenters. The molecule has 1 aliphatic rings. The highest BCUT2D eigenvalue weighted by Gasteiger charge is 2.48. The van der Waals surface area contributed by atoms with Crippen LogP contribution in [0.2, 0.25) is 0 Å². The molecule has 0 saturated carbocycles. The van der Waals surface area contributed by atoms with Crippen molar-refractivity contribution < 1.29 is 28.2 Å². The molecule has 1 saturated heterocycles. The quantitative estimate of drug-likeness (QED) is 0.344. The number of aliphatic hydroxyl groups is 1. The molecule has 4 rings (SSSR count). The minimum absolute atomic E-state index is 0.121. The Hall–Kier alpha value is -3.87. The number of ether oxygens (including phenoxy) is 1. The monoisotopic (exact) mass is 435 g/mol. The van der Waals surface area contributed by atoms with Gasteiger partial charge < -0.3 is 14.3 Å². The number of hydrogen-bond donors (Lipinski definition) is 1. The van der Waals surface area contributed by atoms with Crippen molar-refractivity contribution in [2.24, 2.45) is 0 Å². The Balaban J connectivity index is 1.88. The first kappa shape index (κ1) is 21.4. The number of halogens is 1. The van der Waals surface area contributed by atoms with Gasteiger partial charge in [-0.2, -0.15) is 0 Å². The maximum atomic E-state index is 13.7. The number of carbonyl (C=O) groups is 2. The minimum Gasteiger partial charge on any atom is -0.507 e. The van der Waals surface area contributed by atoms with Crippen molar-refractivity contribution in [2.45, 2.75) is 26.8 Å². The fraction of sp³-hybridized carbons (Fsp3) is 0.200. The minimum atomic E-state index is -0.980. The Bertz CT molecular complexity index is 1230. The van der Waals surface area contributed by atoms with Crippen LogP contribution < -0.4 is 9.64 Å². The Morgan fingerprint density at radius 1 is 1.09 bits per heavy atom. The number of anilines is 1. The van der Waals surface area contributed by atoms with Crippen LogP contribution in [0.25, 0.3) is 5.76 Å². The van der Waals surface area contributed by atoms with Crippen LogP contribution in [0.15, 0.2) is 64.6 Å². The third kappa shape index (κ3) is 3.66. The van der Waals surface area contributed by atoms with Crippen molar-refractivity contribution in [2.75, 3.05) is 11.5 Å². The van der Waals surface area contributed by atoms with E-state index in [1.54, 1.807) is 50.2 Å². The van der Waals surface area contributed by atoms with Crippen molar-refractivity contribution in [3.8, 4) is 5.75 Å². The second-order valence-corrected chi connectivity index (χ2v) is 7.51. The van der Waals surface area contributed by atoms with E-state index in [2.05, 4.69) is 0 Å². The Morgan fingerprint density at radius 3 is 2.41 bits per heavy atom. The van der Waals surface area contributed by atoms with Crippen LogP contribution in [-0.2, 0) is 9.59 Å². The van der Waals surface area contributed by atoms with E-state index < -0.39 is 23.5 Å². The number of Topliss-reactive ketones (excluding diaryl/α,β-unsaturated/α-hetero) is 1. The predicted molar refractivity (Wildman–Crippen MR) is 117 cm³/mol. The SMILES string of the molecule is CCOc1ccc(N2C(=O)C(=O)/C(=C(\O)c3ccc(F)c(C)c3)C2c2ccc(C)o2)cc1. The first-order valence-corrected chi connectivity index (χ1v) is 10.2. The zero-order chi connectivity index (χ0) is 23.0. The molecule has 1 N–H and O–H groups in total. The van der Waals surface area contributed by atoms with Crippen LogP contribution in [0.3, 0.4) is 0 Å².